The van der Waals surface area contributed by atoms with Crippen LogP contribution in [0.3, 0.4) is 0 Å². The molecule has 0 saturated carbocycles. The van der Waals surface area contributed by atoms with Gasteiger partial charge in [0.05, 0.1) is 12.1 Å². The van der Waals surface area contributed by atoms with Crippen LogP contribution in [0.2, 0.25) is 0 Å². The quantitative estimate of drug-likeness (QED) is 0.324. The summed E-state index contributed by atoms with van der Waals surface area (Å²) in [4.78, 5) is 26.7. The van der Waals surface area contributed by atoms with Crippen molar-refractivity contribution in [2.75, 3.05) is 5.32 Å². The predicted molar refractivity (Wildman–Crippen MR) is 124 cm³/mol. The van der Waals surface area contributed by atoms with Crippen molar-refractivity contribution >= 4 is 45.1 Å². The van der Waals surface area contributed by atoms with E-state index in [4.69, 9.17) is 0 Å². The monoisotopic (exact) mass is 467 g/mol. The first-order valence-corrected chi connectivity index (χ1v) is 11.0. The highest BCUT2D eigenvalue weighted by Gasteiger charge is 2.16. The Balaban J connectivity index is 1.74. The van der Waals surface area contributed by atoms with Crippen LogP contribution in [0.5, 0.6) is 0 Å². The van der Waals surface area contributed by atoms with Crippen molar-refractivity contribution in [1.29, 1.82) is 0 Å². The zero-order valence-electron chi connectivity index (χ0n) is 16.3. The predicted octanol–water partition coefficient (Wildman–Crippen LogP) is 6.36. The molecule has 0 spiro atoms. The molecule has 29 heavy (non-hydrogen) atoms. The topological polar surface area (TPSA) is 46.2 Å². The van der Waals surface area contributed by atoms with Crippen molar-refractivity contribution in [3.05, 3.63) is 94.0 Å². The summed E-state index contributed by atoms with van der Waals surface area (Å²) < 4.78 is 0.785. The fourth-order valence-corrected chi connectivity index (χ4v) is 4.09. The molecule has 0 aliphatic rings. The van der Waals surface area contributed by atoms with E-state index in [0.717, 1.165) is 10.0 Å². The van der Waals surface area contributed by atoms with E-state index >= 15 is 0 Å². The number of amides is 1. The summed E-state index contributed by atoms with van der Waals surface area (Å²) in [6, 6.07) is 22.4. The molecule has 0 aliphatic carbocycles. The standard InChI is InChI=1S/C24H22BrNO2S/c1-16(2)29-20-11-8-17(9-12-20)14-23(27)26-22-13-10-19(25)15-21(22)24(28)18-6-4-3-5-7-18/h3-13,15-16H,14H2,1-2H3,(H,26,27). The average Bonchev–Trinajstić information content (AvgIpc) is 2.70. The lowest BCUT2D eigenvalue weighted by Crippen LogP contribution is -2.17. The summed E-state index contributed by atoms with van der Waals surface area (Å²) in [5, 5.41) is 3.41. The second-order valence-corrected chi connectivity index (χ2v) is 9.49. The van der Waals surface area contributed by atoms with E-state index in [1.165, 1.54) is 4.90 Å². The minimum Gasteiger partial charge on any atom is -0.325 e. The molecule has 3 rings (SSSR count). The lowest BCUT2D eigenvalue weighted by Gasteiger charge is -2.12. The van der Waals surface area contributed by atoms with Crippen LogP contribution in [0.15, 0.2) is 82.2 Å². The van der Waals surface area contributed by atoms with E-state index in [9.17, 15) is 9.59 Å². The summed E-state index contributed by atoms with van der Waals surface area (Å²) >= 11 is 5.20. The summed E-state index contributed by atoms with van der Waals surface area (Å²) in [6.07, 6.45) is 0.252. The van der Waals surface area contributed by atoms with E-state index in [-0.39, 0.29) is 18.1 Å². The second kappa shape index (κ2) is 9.90. The summed E-state index contributed by atoms with van der Waals surface area (Å²) in [6.45, 7) is 4.30. The van der Waals surface area contributed by atoms with Gasteiger partial charge in [0.1, 0.15) is 0 Å². The highest BCUT2D eigenvalue weighted by atomic mass is 79.9. The first kappa shape index (κ1) is 21.3. The molecule has 0 saturated heterocycles. The van der Waals surface area contributed by atoms with E-state index in [0.29, 0.717) is 22.1 Å². The number of carbonyl (C=O) groups is 2. The largest absolute Gasteiger partial charge is 0.325 e. The van der Waals surface area contributed by atoms with Gasteiger partial charge in [-0.25, -0.2) is 0 Å². The van der Waals surface area contributed by atoms with Crippen LogP contribution in [-0.4, -0.2) is 16.9 Å². The first-order valence-electron chi connectivity index (χ1n) is 9.37. The highest BCUT2D eigenvalue weighted by molar-refractivity contribution is 9.10. The van der Waals surface area contributed by atoms with Crippen LogP contribution >= 0.6 is 27.7 Å². The SMILES string of the molecule is CC(C)Sc1ccc(CC(=O)Nc2ccc(Br)cc2C(=O)c2ccccc2)cc1. The molecule has 0 heterocycles. The van der Waals surface area contributed by atoms with Crippen molar-refractivity contribution in [3.8, 4) is 0 Å². The van der Waals surface area contributed by atoms with Crippen LogP contribution in [0, 0.1) is 0 Å². The van der Waals surface area contributed by atoms with Gasteiger partial charge in [0, 0.05) is 25.7 Å². The number of hydrogen-bond donors (Lipinski definition) is 1. The van der Waals surface area contributed by atoms with E-state index in [1.54, 1.807) is 36.0 Å². The third-order valence-electron chi connectivity index (χ3n) is 4.20. The van der Waals surface area contributed by atoms with Crippen molar-refractivity contribution < 1.29 is 9.59 Å². The van der Waals surface area contributed by atoms with Crippen LogP contribution in [0.4, 0.5) is 5.69 Å². The molecule has 3 nitrogen and oxygen atoms in total. The Morgan fingerprint density at radius 1 is 0.966 bits per heavy atom. The van der Waals surface area contributed by atoms with Gasteiger partial charge in [0.15, 0.2) is 5.78 Å². The fourth-order valence-electron chi connectivity index (χ4n) is 2.90. The molecule has 5 heteroatoms. The van der Waals surface area contributed by atoms with E-state index < -0.39 is 0 Å². The van der Waals surface area contributed by atoms with E-state index in [2.05, 4.69) is 35.1 Å². The number of anilines is 1. The van der Waals surface area contributed by atoms with Crippen LogP contribution in [0.1, 0.15) is 35.3 Å². The normalized spacial score (nSPS) is 10.8. The van der Waals surface area contributed by atoms with Crippen LogP contribution < -0.4 is 5.32 Å². The molecular weight excluding hydrogens is 446 g/mol. The van der Waals surface area contributed by atoms with Gasteiger partial charge in [0.25, 0.3) is 0 Å². The Hall–Kier alpha value is -2.37. The lowest BCUT2D eigenvalue weighted by atomic mass is 10.0. The van der Waals surface area contributed by atoms with Gasteiger partial charge in [-0.3, -0.25) is 9.59 Å². The van der Waals surface area contributed by atoms with Crippen LogP contribution in [-0.2, 0) is 11.2 Å². The zero-order chi connectivity index (χ0) is 20.8. The Kier molecular flexibility index (Phi) is 7.29. The molecule has 0 atom stereocenters. The molecule has 0 aromatic heterocycles. The fraction of sp³-hybridized carbons (Fsp3) is 0.167. The van der Waals surface area contributed by atoms with Gasteiger partial charge in [-0.15, -0.1) is 11.8 Å². The van der Waals surface area contributed by atoms with Crippen LogP contribution in [0.25, 0.3) is 0 Å². The molecule has 1 amide bonds. The lowest BCUT2D eigenvalue weighted by molar-refractivity contribution is -0.115. The zero-order valence-corrected chi connectivity index (χ0v) is 18.7. The summed E-state index contributed by atoms with van der Waals surface area (Å²) in [7, 11) is 0. The Morgan fingerprint density at radius 2 is 1.66 bits per heavy atom. The first-order chi connectivity index (χ1) is 13.9. The Bertz CT molecular complexity index is 1000. The maximum Gasteiger partial charge on any atom is 0.228 e. The summed E-state index contributed by atoms with van der Waals surface area (Å²) in [5.74, 6) is -0.282. The van der Waals surface area contributed by atoms with Crippen molar-refractivity contribution in [3.63, 3.8) is 0 Å². The Labute approximate surface area is 184 Å². The number of hydrogen-bond acceptors (Lipinski definition) is 3. The molecule has 3 aromatic carbocycles. The molecule has 0 radical (unpaired) electrons. The minimum atomic E-state index is -0.154. The van der Waals surface area contributed by atoms with Crippen molar-refractivity contribution in [2.45, 2.75) is 30.4 Å². The third kappa shape index (κ3) is 6.05. The molecule has 1 N–H and O–H groups in total. The number of benzene rings is 3. The van der Waals surface area contributed by atoms with Crippen molar-refractivity contribution in [2.24, 2.45) is 0 Å². The van der Waals surface area contributed by atoms with Gasteiger partial charge in [0.2, 0.25) is 5.91 Å². The second-order valence-electron chi connectivity index (χ2n) is 6.92. The number of rotatable bonds is 7. The van der Waals surface area contributed by atoms with Gasteiger partial charge < -0.3 is 5.32 Å². The van der Waals surface area contributed by atoms with E-state index in [1.807, 2.05) is 48.5 Å². The van der Waals surface area contributed by atoms with Gasteiger partial charge in [-0.05, 0) is 35.9 Å². The number of halogens is 1. The number of ketones is 1. The van der Waals surface area contributed by atoms with Crippen molar-refractivity contribution in [1.82, 2.24) is 0 Å². The molecular formula is C24H22BrNO2S. The van der Waals surface area contributed by atoms with Gasteiger partial charge >= 0.3 is 0 Å². The number of thioether (sulfide) groups is 1. The molecule has 0 bridgehead atoms. The minimum absolute atomic E-state index is 0.128. The maximum atomic E-state index is 12.9. The molecule has 0 fully saturated rings. The molecule has 0 aliphatic heterocycles. The smallest absolute Gasteiger partial charge is 0.228 e. The third-order valence-corrected chi connectivity index (χ3v) is 5.71. The van der Waals surface area contributed by atoms with Gasteiger partial charge in [-0.1, -0.05) is 72.2 Å². The molecule has 0 unspecified atom stereocenters. The number of nitrogens with one attached hydrogen (secondary N) is 1. The molecule has 3 aromatic rings. The summed E-state index contributed by atoms with van der Waals surface area (Å²) in [5.41, 5.74) is 2.49. The number of carbonyl (C=O) groups excluding carboxylic acids is 2. The Morgan fingerprint density at radius 3 is 2.31 bits per heavy atom. The van der Waals surface area contributed by atoms with Gasteiger partial charge in [-0.2, -0.15) is 0 Å². The molecule has 148 valence electrons. The average molecular weight is 468 g/mol. The maximum absolute atomic E-state index is 12.9. The highest BCUT2D eigenvalue weighted by Crippen LogP contribution is 2.25.